The van der Waals surface area contributed by atoms with Crippen LogP contribution in [0.25, 0.3) is 0 Å². The molecule has 0 bridgehead atoms. The largest absolute Gasteiger partial charge is 0.496 e. The smallest absolute Gasteiger partial charge is 0.192 e. The van der Waals surface area contributed by atoms with Crippen LogP contribution in [0.1, 0.15) is 48.9 Å². The van der Waals surface area contributed by atoms with E-state index in [1.165, 1.54) is 19.3 Å². The number of hydrogen-bond donors (Lipinski definition) is 0. The fraction of sp³-hybridized carbons (Fsp3) is 0.438. The molecule has 0 atom stereocenters. The van der Waals surface area contributed by atoms with E-state index in [0.29, 0.717) is 16.3 Å². The highest BCUT2D eigenvalue weighted by Crippen LogP contribution is 2.28. The number of rotatable bonds is 3. The SMILES string of the molecule is COc1cc(Cl)ccc1C(=O)/C1=C/CCCCCC1. The van der Waals surface area contributed by atoms with E-state index in [4.69, 9.17) is 16.3 Å². The van der Waals surface area contributed by atoms with Crippen LogP contribution in [0.5, 0.6) is 5.75 Å². The van der Waals surface area contributed by atoms with Crippen molar-refractivity contribution in [3.8, 4) is 5.75 Å². The van der Waals surface area contributed by atoms with E-state index in [1.54, 1.807) is 25.3 Å². The number of halogens is 1. The maximum absolute atomic E-state index is 12.6. The van der Waals surface area contributed by atoms with E-state index in [9.17, 15) is 4.79 Å². The van der Waals surface area contributed by atoms with Gasteiger partial charge in [0.15, 0.2) is 5.78 Å². The van der Waals surface area contributed by atoms with E-state index in [-0.39, 0.29) is 5.78 Å². The molecule has 0 fully saturated rings. The van der Waals surface area contributed by atoms with Crippen molar-refractivity contribution in [2.45, 2.75) is 38.5 Å². The van der Waals surface area contributed by atoms with Crippen LogP contribution in [0.2, 0.25) is 5.02 Å². The Kier molecular flexibility index (Phi) is 5.03. The summed E-state index contributed by atoms with van der Waals surface area (Å²) < 4.78 is 5.26. The molecule has 1 aromatic carbocycles. The van der Waals surface area contributed by atoms with Gasteiger partial charge in [-0.2, -0.15) is 0 Å². The van der Waals surface area contributed by atoms with Gasteiger partial charge in [-0.1, -0.05) is 30.5 Å². The Bertz CT molecular complexity index is 492. The monoisotopic (exact) mass is 278 g/mol. The molecule has 0 N–H and O–H groups in total. The Hall–Kier alpha value is -1.28. The second-order valence-electron chi connectivity index (χ2n) is 4.86. The van der Waals surface area contributed by atoms with Gasteiger partial charge in [-0.05, 0) is 49.5 Å². The van der Waals surface area contributed by atoms with Gasteiger partial charge >= 0.3 is 0 Å². The maximum Gasteiger partial charge on any atom is 0.192 e. The minimum atomic E-state index is 0.0791. The van der Waals surface area contributed by atoms with Gasteiger partial charge in [-0.15, -0.1) is 0 Å². The minimum Gasteiger partial charge on any atom is -0.496 e. The van der Waals surface area contributed by atoms with Gasteiger partial charge in [0, 0.05) is 5.02 Å². The molecular weight excluding hydrogens is 260 g/mol. The van der Waals surface area contributed by atoms with Gasteiger partial charge in [0.2, 0.25) is 0 Å². The molecule has 1 aromatic rings. The van der Waals surface area contributed by atoms with Crippen LogP contribution >= 0.6 is 11.6 Å². The summed E-state index contributed by atoms with van der Waals surface area (Å²) in [6.45, 7) is 0. The molecule has 0 saturated carbocycles. The van der Waals surface area contributed by atoms with Crippen LogP contribution in [-0.4, -0.2) is 12.9 Å². The van der Waals surface area contributed by atoms with E-state index < -0.39 is 0 Å². The molecule has 0 aliphatic heterocycles. The normalized spacial score (nSPS) is 18.9. The molecule has 0 amide bonds. The highest BCUT2D eigenvalue weighted by atomic mass is 35.5. The zero-order valence-corrected chi connectivity index (χ0v) is 12.0. The van der Waals surface area contributed by atoms with Crippen LogP contribution < -0.4 is 4.74 Å². The third-order valence-electron chi connectivity index (χ3n) is 3.49. The van der Waals surface area contributed by atoms with Gasteiger partial charge in [0.1, 0.15) is 5.75 Å². The Labute approximate surface area is 119 Å². The van der Waals surface area contributed by atoms with Crippen molar-refractivity contribution < 1.29 is 9.53 Å². The first kappa shape index (κ1) is 14.1. The van der Waals surface area contributed by atoms with Crippen LogP contribution in [0.15, 0.2) is 29.8 Å². The van der Waals surface area contributed by atoms with Gasteiger partial charge < -0.3 is 4.74 Å². The van der Waals surface area contributed by atoms with Crippen LogP contribution in [0.4, 0.5) is 0 Å². The first-order chi connectivity index (χ1) is 9.22. The van der Waals surface area contributed by atoms with Crippen LogP contribution in [0.3, 0.4) is 0 Å². The number of carbonyl (C=O) groups excluding carboxylic acids is 1. The fourth-order valence-electron chi connectivity index (χ4n) is 2.42. The van der Waals surface area contributed by atoms with Crippen LogP contribution in [-0.2, 0) is 0 Å². The summed E-state index contributed by atoms with van der Waals surface area (Å²) in [6.07, 6.45) is 8.70. The third-order valence-corrected chi connectivity index (χ3v) is 3.73. The summed E-state index contributed by atoms with van der Waals surface area (Å²) in [5.74, 6) is 0.635. The topological polar surface area (TPSA) is 26.3 Å². The molecule has 2 nitrogen and oxygen atoms in total. The summed E-state index contributed by atoms with van der Waals surface area (Å²) >= 11 is 5.93. The Balaban J connectivity index is 2.27. The number of hydrogen-bond acceptors (Lipinski definition) is 2. The highest BCUT2D eigenvalue weighted by molar-refractivity contribution is 6.31. The number of ketones is 1. The number of benzene rings is 1. The lowest BCUT2D eigenvalue weighted by Crippen LogP contribution is -2.07. The summed E-state index contributed by atoms with van der Waals surface area (Å²) in [6, 6.07) is 5.18. The zero-order chi connectivity index (χ0) is 13.7. The first-order valence-corrected chi connectivity index (χ1v) is 7.17. The minimum absolute atomic E-state index is 0.0791. The predicted octanol–water partition coefficient (Wildman–Crippen LogP) is 4.81. The molecule has 2 rings (SSSR count). The lowest BCUT2D eigenvalue weighted by molar-refractivity contribution is 0.102. The van der Waals surface area contributed by atoms with Crippen molar-refractivity contribution in [2.75, 3.05) is 7.11 Å². The molecule has 0 radical (unpaired) electrons. The number of allylic oxidation sites excluding steroid dienone is 2. The van der Waals surface area contributed by atoms with Gasteiger partial charge in [-0.25, -0.2) is 0 Å². The molecule has 0 saturated heterocycles. The summed E-state index contributed by atoms with van der Waals surface area (Å²) in [4.78, 5) is 12.6. The summed E-state index contributed by atoms with van der Waals surface area (Å²) in [5.41, 5.74) is 1.53. The number of methoxy groups -OCH3 is 1. The maximum atomic E-state index is 12.6. The summed E-state index contributed by atoms with van der Waals surface area (Å²) in [7, 11) is 1.56. The predicted molar refractivity (Wildman–Crippen MR) is 78.1 cm³/mol. The molecular formula is C16H19ClO2. The standard InChI is InChI=1S/C16H19ClO2/c1-19-15-11-13(17)9-10-14(15)16(18)12-7-5-3-2-4-6-8-12/h7,9-11H,2-6,8H2,1H3/b12-7+. The lowest BCUT2D eigenvalue weighted by atomic mass is 9.94. The molecule has 102 valence electrons. The van der Waals surface area contributed by atoms with Gasteiger partial charge in [0.05, 0.1) is 12.7 Å². The van der Waals surface area contributed by atoms with Crippen molar-refractivity contribution in [1.29, 1.82) is 0 Å². The Morgan fingerprint density at radius 3 is 2.79 bits per heavy atom. The fourth-order valence-corrected chi connectivity index (χ4v) is 2.59. The van der Waals surface area contributed by atoms with E-state index >= 15 is 0 Å². The van der Waals surface area contributed by atoms with Crippen LogP contribution in [0, 0.1) is 0 Å². The molecule has 3 heteroatoms. The quantitative estimate of drug-likeness (QED) is 0.742. The molecule has 0 aromatic heterocycles. The average molecular weight is 279 g/mol. The first-order valence-electron chi connectivity index (χ1n) is 6.79. The van der Waals surface area contributed by atoms with Crippen molar-refractivity contribution in [3.05, 3.63) is 40.4 Å². The third kappa shape index (κ3) is 3.60. The second kappa shape index (κ2) is 6.76. The van der Waals surface area contributed by atoms with Crippen molar-refractivity contribution >= 4 is 17.4 Å². The number of ether oxygens (including phenoxy) is 1. The lowest BCUT2D eigenvalue weighted by Gasteiger charge is -2.13. The molecule has 0 unspecified atom stereocenters. The number of carbonyl (C=O) groups is 1. The van der Waals surface area contributed by atoms with Gasteiger partial charge in [0.25, 0.3) is 0 Å². The summed E-state index contributed by atoms with van der Waals surface area (Å²) in [5, 5.41) is 0.583. The molecule has 0 spiro atoms. The molecule has 1 aliphatic rings. The molecule has 0 heterocycles. The Morgan fingerprint density at radius 1 is 1.21 bits per heavy atom. The zero-order valence-electron chi connectivity index (χ0n) is 11.2. The van der Waals surface area contributed by atoms with Crippen molar-refractivity contribution in [3.63, 3.8) is 0 Å². The molecule has 1 aliphatic carbocycles. The second-order valence-corrected chi connectivity index (χ2v) is 5.29. The van der Waals surface area contributed by atoms with Crippen molar-refractivity contribution in [2.24, 2.45) is 0 Å². The van der Waals surface area contributed by atoms with E-state index in [2.05, 4.69) is 6.08 Å². The number of Topliss-reactive ketones (excluding diaryl/α,β-unsaturated/α-hetero) is 1. The van der Waals surface area contributed by atoms with E-state index in [1.807, 2.05) is 0 Å². The molecule has 19 heavy (non-hydrogen) atoms. The highest BCUT2D eigenvalue weighted by Gasteiger charge is 2.17. The van der Waals surface area contributed by atoms with Gasteiger partial charge in [-0.3, -0.25) is 4.79 Å². The Morgan fingerprint density at radius 2 is 2.00 bits per heavy atom. The average Bonchev–Trinajstić information content (AvgIpc) is 2.37. The van der Waals surface area contributed by atoms with Crippen molar-refractivity contribution in [1.82, 2.24) is 0 Å². The van der Waals surface area contributed by atoms with E-state index in [0.717, 1.165) is 24.8 Å².